The first-order valence-electron chi connectivity index (χ1n) is 6.12. The van der Waals surface area contributed by atoms with Gasteiger partial charge in [-0.25, -0.2) is 0 Å². The Labute approximate surface area is 109 Å². The van der Waals surface area contributed by atoms with Gasteiger partial charge in [0.15, 0.2) is 5.69 Å². The van der Waals surface area contributed by atoms with Crippen molar-refractivity contribution in [2.75, 3.05) is 12.1 Å². The minimum absolute atomic E-state index is 0.0172. The molecular weight excluding hydrogens is 250 g/mol. The van der Waals surface area contributed by atoms with E-state index in [-0.39, 0.29) is 24.5 Å². The molecule has 0 bridgehead atoms. The molecule has 0 aliphatic carbocycles. The molecule has 0 saturated heterocycles. The summed E-state index contributed by atoms with van der Waals surface area (Å²) in [6, 6.07) is 1.25. The van der Waals surface area contributed by atoms with Crippen LogP contribution < -0.4 is 20.9 Å². The normalized spacial score (nSPS) is 13.2. The second-order valence-corrected chi connectivity index (χ2v) is 4.15. The summed E-state index contributed by atoms with van der Waals surface area (Å²) in [4.78, 5) is 35.1. The molecule has 0 aromatic carbocycles. The Balaban J connectivity index is 2.31. The van der Waals surface area contributed by atoms with Gasteiger partial charge in [0.2, 0.25) is 11.2 Å². The summed E-state index contributed by atoms with van der Waals surface area (Å²) in [7, 11) is 0. The van der Waals surface area contributed by atoms with Crippen molar-refractivity contribution in [1.82, 2.24) is 9.99 Å². The van der Waals surface area contributed by atoms with Crippen LogP contribution in [0.1, 0.15) is 36.7 Å². The number of pyridine rings is 1. The van der Waals surface area contributed by atoms with Gasteiger partial charge >= 0.3 is 5.97 Å². The van der Waals surface area contributed by atoms with Gasteiger partial charge in [-0.15, -0.1) is 0 Å². The number of hydrogen-bond acceptors (Lipinski definition) is 5. The zero-order valence-corrected chi connectivity index (χ0v) is 10.6. The molecule has 1 aromatic heterocycles. The van der Waals surface area contributed by atoms with Crippen LogP contribution in [0.2, 0.25) is 0 Å². The summed E-state index contributed by atoms with van der Waals surface area (Å²) in [6.07, 6.45) is 3.18. The molecule has 1 amide bonds. The third kappa shape index (κ3) is 2.75. The van der Waals surface area contributed by atoms with Gasteiger partial charge in [-0.05, 0) is 6.42 Å². The Hall–Kier alpha value is -2.31. The number of esters is 1. The van der Waals surface area contributed by atoms with Crippen molar-refractivity contribution < 1.29 is 14.3 Å². The minimum Gasteiger partial charge on any atom is -0.420 e. The van der Waals surface area contributed by atoms with Crippen LogP contribution in [0.4, 0.5) is 0 Å². The van der Waals surface area contributed by atoms with E-state index in [2.05, 4.69) is 10.7 Å². The number of unbranched alkanes of at least 4 members (excludes halogenated alkanes) is 1. The van der Waals surface area contributed by atoms with Crippen LogP contribution in [0.5, 0.6) is 5.75 Å². The molecule has 0 unspecified atom stereocenters. The third-order valence-corrected chi connectivity index (χ3v) is 2.72. The molecule has 0 fully saturated rings. The number of amides is 1. The molecule has 2 heterocycles. The summed E-state index contributed by atoms with van der Waals surface area (Å²) >= 11 is 0. The molecule has 0 spiro atoms. The third-order valence-electron chi connectivity index (χ3n) is 2.72. The largest absolute Gasteiger partial charge is 0.420 e. The van der Waals surface area contributed by atoms with E-state index in [1.807, 2.05) is 6.92 Å². The van der Waals surface area contributed by atoms with E-state index in [0.717, 1.165) is 6.42 Å². The van der Waals surface area contributed by atoms with Crippen LogP contribution in [0.15, 0.2) is 17.1 Å². The van der Waals surface area contributed by atoms with Gasteiger partial charge in [0.05, 0.1) is 0 Å². The van der Waals surface area contributed by atoms with Gasteiger partial charge in [0, 0.05) is 18.7 Å². The lowest BCUT2D eigenvalue weighted by molar-refractivity contribution is -0.134. The molecule has 2 rings (SSSR count). The molecule has 7 nitrogen and oxygen atoms in total. The predicted octanol–water partition coefficient (Wildman–Crippen LogP) is 0.188. The van der Waals surface area contributed by atoms with Crippen LogP contribution in [0.3, 0.4) is 0 Å². The van der Waals surface area contributed by atoms with E-state index in [1.165, 1.54) is 16.9 Å². The lowest BCUT2D eigenvalue weighted by Gasteiger charge is -2.22. The highest BCUT2D eigenvalue weighted by molar-refractivity contribution is 5.96. The number of carbonyl (C=O) groups excluding carboxylic acids is 2. The van der Waals surface area contributed by atoms with Crippen molar-refractivity contribution >= 4 is 11.9 Å². The molecule has 19 heavy (non-hydrogen) atoms. The van der Waals surface area contributed by atoms with Gasteiger partial charge < -0.3 is 15.5 Å². The molecule has 1 aromatic rings. The van der Waals surface area contributed by atoms with Crippen molar-refractivity contribution in [2.24, 2.45) is 0 Å². The first-order chi connectivity index (χ1) is 9.13. The van der Waals surface area contributed by atoms with Crippen LogP contribution in [-0.4, -0.2) is 23.2 Å². The zero-order chi connectivity index (χ0) is 13.8. The second-order valence-electron chi connectivity index (χ2n) is 4.15. The molecule has 0 atom stereocenters. The van der Waals surface area contributed by atoms with Gasteiger partial charge in [-0.3, -0.25) is 19.1 Å². The van der Waals surface area contributed by atoms with Gasteiger partial charge in [-0.2, -0.15) is 0 Å². The summed E-state index contributed by atoms with van der Waals surface area (Å²) in [5.74, 6) is -1.19. The molecule has 1 aliphatic heterocycles. The number of hydrogen-bond donors (Lipinski definition) is 2. The summed E-state index contributed by atoms with van der Waals surface area (Å²) in [5.41, 5.74) is 2.36. The minimum atomic E-state index is -0.508. The molecule has 2 N–H and O–H groups in total. The number of nitrogens with one attached hydrogen (secondary N) is 2. The van der Waals surface area contributed by atoms with E-state index in [1.54, 1.807) is 0 Å². The molecule has 102 valence electrons. The standard InChI is InChI=1S/C12H15N3O4/c1-2-3-4-9(17)19-11-8(16)5-6-15-10(11)12(18)13-7-14-15/h5-6,14H,2-4,7H2,1H3,(H,13,18). The lowest BCUT2D eigenvalue weighted by atomic mass is 10.2. The Morgan fingerprint density at radius 2 is 2.26 bits per heavy atom. The predicted molar refractivity (Wildman–Crippen MR) is 67.6 cm³/mol. The Morgan fingerprint density at radius 3 is 3.00 bits per heavy atom. The fourth-order valence-corrected chi connectivity index (χ4v) is 1.74. The van der Waals surface area contributed by atoms with Crippen molar-refractivity contribution in [3.63, 3.8) is 0 Å². The summed E-state index contributed by atoms with van der Waals surface area (Å²) in [5, 5.41) is 2.52. The van der Waals surface area contributed by atoms with Gasteiger partial charge in [0.1, 0.15) is 6.67 Å². The fourth-order valence-electron chi connectivity index (χ4n) is 1.74. The first-order valence-corrected chi connectivity index (χ1v) is 6.12. The highest BCUT2D eigenvalue weighted by Gasteiger charge is 2.24. The van der Waals surface area contributed by atoms with E-state index < -0.39 is 17.3 Å². The number of rotatable bonds is 4. The van der Waals surface area contributed by atoms with Gasteiger partial charge in [0.25, 0.3) is 5.91 Å². The molecule has 0 saturated carbocycles. The SMILES string of the molecule is CCCCC(=O)Oc1c2n(ccc1=O)NCNC2=O. The van der Waals surface area contributed by atoms with E-state index in [0.29, 0.717) is 6.42 Å². The maximum absolute atomic E-state index is 11.8. The van der Waals surface area contributed by atoms with E-state index in [4.69, 9.17) is 4.74 Å². The number of aromatic nitrogens is 1. The number of nitrogens with zero attached hydrogens (tertiary/aromatic N) is 1. The Kier molecular flexibility index (Phi) is 3.84. The van der Waals surface area contributed by atoms with Crippen LogP contribution in [0.25, 0.3) is 0 Å². The van der Waals surface area contributed by atoms with Crippen molar-refractivity contribution in [2.45, 2.75) is 26.2 Å². The molecular formula is C12H15N3O4. The monoisotopic (exact) mass is 265 g/mol. The number of ether oxygens (including phenoxy) is 1. The smallest absolute Gasteiger partial charge is 0.311 e. The van der Waals surface area contributed by atoms with Crippen molar-refractivity contribution in [3.8, 4) is 5.75 Å². The number of fused-ring (bicyclic) bond motifs is 1. The zero-order valence-electron chi connectivity index (χ0n) is 10.6. The highest BCUT2D eigenvalue weighted by Crippen LogP contribution is 2.15. The molecule has 0 radical (unpaired) electrons. The topological polar surface area (TPSA) is 89.4 Å². The Bertz CT molecular complexity index is 565. The average molecular weight is 265 g/mol. The fraction of sp³-hybridized carbons (Fsp3) is 0.417. The van der Waals surface area contributed by atoms with Crippen LogP contribution in [-0.2, 0) is 4.79 Å². The summed E-state index contributed by atoms with van der Waals surface area (Å²) in [6.45, 7) is 2.20. The van der Waals surface area contributed by atoms with E-state index >= 15 is 0 Å². The molecule has 7 heteroatoms. The summed E-state index contributed by atoms with van der Waals surface area (Å²) < 4.78 is 6.42. The second kappa shape index (κ2) is 5.55. The lowest BCUT2D eigenvalue weighted by Crippen LogP contribution is -2.43. The van der Waals surface area contributed by atoms with Crippen molar-refractivity contribution in [3.05, 3.63) is 28.2 Å². The maximum atomic E-state index is 11.8. The van der Waals surface area contributed by atoms with E-state index in [9.17, 15) is 14.4 Å². The highest BCUT2D eigenvalue weighted by atomic mass is 16.5. The maximum Gasteiger partial charge on any atom is 0.311 e. The average Bonchev–Trinajstić information content (AvgIpc) is 2.40. The quantitative estimate of drug-likeness (QED) is 0.758. The van der Waals surface area contributed by atoms with Crippen LogP contribution >= 0.6 is 0 Å². The van der Waals surface area contributed by atoms with Gasteiger partial charge in [-0.1, -0.05) is 13.3 Å². The van der Waals surface area contributed by atoms with Crippen molar-refractivity contribution in [1.29, 1.82) is 0 Å². The Morgan fingerprint density at radius 1 is 1.47 bits per heavy atom. The first kappa shape index (κ1) is 13.1. The van der Waals surface area contributed by atoms with Crippen LogP contribution in [0, 0.1) is 0 Å². The molecule has 1 aliphatic rings. The number of carbonyl (C=O) groups is 2.